The van der Waals surface area contributed by atoms with Gasteiger partial charge in [0.1, 0.15) is 5.76 Å². The van der Waals surface area contributed by atoms with Gasteiger partial charge in [0.05, 0.1) is 11.3 Å². The Labute approximate surface area is 103 Å². The zero-order chi connectivity index (χ0) is 12.6. The first-order valence-corrected chi connectivity index (χ1v) is 6.28. The molecular formula is C13H22N2O2. The maximum Gasteiger partial charge on any atom is 0.138 e. The number of hydrogen-bond donors (Lipinski definition) is 1. The first-order valence-electron chi connectivity index (χ1n) is 6.28. The summed E-state index contributed by atoms with van der Waals surface area (Å²) in [7, 11) is 0. The quantitative estimate of drug-likeness (QED) is 0.875. The third kappa shape index (κ3) is 2.53. The highest BCUT2D eigenvalue weighted by atomic mass is 16.5. The molecule has 1 atom stereocenters. The summed E-state index contributed by atoms with van der Waals surface area (Å²) in [5.74, 6) is 0.892. The minimum atomic E-state index is -0.643. The van der Waals surface area contributed by atoms with Crippen molar-refractivity contribution < 1.29 is 9.63 Å². The molecule has 0 aliphatic carbocycles. The van der Waals surface area contributed by atoms with Crippen LogP contribution in [0.1, 0.15) is 43.7 Å². The fraction of sp³-hybridized carbons (Fsp3) is 0.769. The van der Waals surface area contributed by atoms with Gasteiger partial charge in [0.2, 0.25) is 0 Å². The van der Waals surface area contributed by atoms with E-state index in [0.29, 0.717) is 0 Å². The molecule has 1 aliphatic heterocycles. The maximum atomic E-state index is 10.2. The van der Waals surface area contributed by atoms with Gasteiger partial charge in [-0.2, -0.15) is 0 Å². The van der Waals surface area contributed by atoms with E-state index in [1.54, 1.807) is 0 Å². The van der Waals surface area contributed by atoms with Crippen LogP contribution in [0.2, 0.25) is 0 Å². The molecule has 4 nitrogen and oxygen atoms in total. The second kappa shape index (κ2) is 4.42. The molecule has 2 heterocycles. The first-order chi connectivity index (χ1) is 7.89. The van der Waals surface area contributed by atoms with Gasteiger partial charge in [-0.1, -0.05) is 5.16 Å². The fourth-order valence-electron chi connectivity index (χ4n) is 2.75. The Hall–Kier alpha value is -0.870. The van der Waals surface area contributed by atoms with E-state index in [9.17, 15) is 5.11 Å². The minimum absolute atomic E-state index is 0.233. The number of aromatic nitrogens is 1. The summed E-state index contributed by atoms with van der Waals surface area (Å²) in [5.41, 5.74) is 1.49. The van der Waals surface area contributed by atoms with Gasteiger partial charge in [-0.05, 0) is 47.1 Å². The molecule has 2 rings (SSSR count). The van der Waals surface area contributed by atoms with Crippen molar-refractivity contribution in [3.63, 3.8) is 0 Å². The Balaban J connectivity index is 2.14. The molecular weight excluding hydrogens is 216 g/mol. The van der Waals surface area contributed by atoms with Crippen LogP contribution in [0.4, 0.5) is 0 Å². The molecule has 1 aromatic heterocycles. The van der Waals surface area contributed by atoms with E-state index in [-0.39, 0.29) is 6.04 Å². The van der Waals surface area contributed by atoms with Gasteiger partial charge in [0.25, 0.3) is 0 Å². The fourth-order valence-corrected chi connectivity index (χ4v) is 2.75. The van der Waals surface area contributed by atoms with Gasteiger partial charge in [0.15, 0.2) is 0 Å². The molecule has 4 heteroatoms. The van der Waals surface area contributed by atoms with Crippen LogP contribution >= 0.6 is 0 Å². The molecule has 1 fully saturated rings. The van der Waals surface area contributed by atoms with Crippen molar-refractivity contribution in [2.24, 2.45) is 0 Å². The van der Waals surface area contributed by atoms with E-state index in [2.05, 4.69) is 10.1 Å². The van der Waals surface area contributed by atoms with Crippen LogP contribution in [0.5, 0.6) is 0 Å². The minimum Gasteiger partial charge on any atom is -0.389 e. The predicted octanol–water partition coefficient (Wildman–Crippen LogP) is 2.03. The van der Waals surface area contributed by atoms with E-state index >= 15 is 0 Å². The zero-order valence-electron chi connectivity index (χ0n) is 11.2. The SMILES string of the molecule is Cc1noc(C)c1CN1CCCC1C(C)(C)O. The highest BCUT2D eigenvalue weighted by Crippen LogP contribution is 2.29. The molecule has 1 aliphatic rings. The lowest BCUT2D eigenvalue weighted by Crippen LogP contribution is -2.45. The lowest BCUT2D eigenvalue weighted by atomic mass is 9.96. The normalized spacial score (nSPS) is 22.3. The summed E-state index contributed by atoms with van der Waals surface area (Å²) < 4.78 is 5.19. The predicted molar refractivity (Wildman–Crippen MR) is 65.7 cm³/mol. The molecule has 1 unspecified atom stereocenters. The molecule has 0 bridgehead atoms. The van der Waals surface area contributed by atoms with Crippen LogP contribution in [0.25, 0.3) is 0 Å². The second-order valence-electron chi connectivity index (χ2n) is 5.58. The van der Waals surface area contributed by atoms with E-state index in [1.807, 2.05) is 27.7 Å². The maximum absolute atomic E-state index is 10.2. The topological polar surface area (TPSA) is 49.5 Å². The van der Waals surface area contributed by atoms with Crippen LogP contribution in [-0.2, 0) is 6.54 Å². The Morgan fingerprint density at radius 1 is 1.47 bits per heavy atom. The second-order valence-corrected chi connectivity index (χ2v) is 5.58. The van der Waals surface area contributed by atoms with Crippen molar-refractivity contribution >= 4 is 0 Å². The van der Waals surface area contributed by atoms with Crippen LogP contribution in [-0.4, -0.2) is 33.4 Å². The first kappa shape index (κ1) is 12.6. The number of hydrogen-bond acceptors (Lipinski definition) is 4. The van der Waals surface area contributed by atoms with Crippen LogP contribution in [0.3, 0.4) is 0 Å². The molecule has 0 spiro atoms. The summed E-state index contributed by atoms with van der Waals surface area (Å²) in [4.78, 5) is 2.34. The highest BCUT2D eigenvalue weighted by molar-refractivity contribution is 5.21. The van der Waals surface area contributed by atoms with E-state index in [0.717, 1.165) is 37.4 Å². The summed E-state index contributed by atoms with van der Waals surface area (Å²) in [5, 5.41) is 14.2. The smallest absolute Gasteiger partial charge is 0.138 e. The van der Waals surface area contributed by atoms with E-state index < -0.39 is 5.60 Å². The Bertz CT molecular complexity index is 373. The Kier molecular flexibility index (Phi) is 3.27. The number of aryl methyl sites for hydroxylation is 2. The summed E-state index contributed by atoms with van der Waals surface area (Å²) in [6.07, 6.45) is 2.21. The van der Waals surface area contributed by atoms with Gasteiger partial charge in [0, 0.05) is 18.2 Å². The molecule has 1 saturated heterocycles. The lowest BCUT2D eigenvalue weighted by molar-refractivity contribution is -0.00519. The van der Waals surface area contributed by atoms with Gasteiger partial charge in [-0.15, -0.1) is 0 Å². The average molecular weight is 238 g/mol. The highest BCUT2D eigenvalue weighted by Gasteiger charge is 2.36. The van der Waals surface area contributed by atoms with Crippen LogP contribution < -0.4 is 0 Å². The molecule has 1 aromatic rings. The summed E-state index contributed by atoms with van der Waals surface area (Å²) in [6, 6.07) is 0.233. The Morgan fingerprint density at radius 2 is 2.18 bits per heavy atom. The number of rotatable bonds is 3. The third-order valence-electron chi connectivity index (χ3n) is 3.72. The molecule has 1 N–H and O–H groups in total. The van der Waals surface area contributed by atoms with Gasteiger partial charge < -0.3 is 9.63 Å². The van der Waals surface area contributed by atoms with Gasteiger partial charge >= 0.3 is 0 Å². The van der Waals surface area contributed by atoms with E-state index in [4.69, 9.17) is 4.52 Å². The Morgan fingerprint density at radius 3 is 2.71 bits per heavy atom. The zero-order valence-corrected chi connectivity index (χ0v) is 11.2. The summed E-state index contributed by atoms with van der Waals surface area (Å²) >= 11 is 0. The lowest BCUT2D eigenvalue weighted by Gasteiger charge is -2.33. The largest absolute Gasteiger partial charge is 0.389 e. The monoisotopic (exact) mass is 238 g/mol. The molecule has 17 heavy (non-hydrogen) atoms. The van der Waals surface area contributed by atoms with Gasteiger partial charge in [-0.3, -0.25) is 4.90 Å². The van der Waals surface area contributed by atoms with Gasteiger partial charge in [-0.25, -0.2) is 0 Å². The number of likely N-dealkylation sites (tertiary alicyclic amines) is 1. The molecule has 0 saturated carbocycles. The van der Waals surface area contributed by atoms with Crippen molar-refractivity contribution in [2.45, 2.75) is 58.7 Å². The average Bonchev–Trinajstić information content (AvgIpc) is 2.79. The number of nitrogens with zero attached hydrogens (tertiary/aromatic N) is 2. The van der Waals surface area contributed by atoms with E-state index in [1.165, 1.54) is 5.56 Å². The standard InChI is InChI=1S/C13H22N2O2/c1-9-11(10(2)17-14-9)8-15-7-5-6-12(15)13(3,4)16/h12,16H,5-8H2,1-4H3. The van der Waals surface area contributed by atoms with Crippen molar-refractivity contribution in [3.8, 4) is 0 Å². The number of aliphatic hydroxyl groups is 1. The van der Waals surface area contributed by atoms with Crippen molar-refractivity contribution in [2.75, 3.05) is 6.54 Å². The van der Waals surface area contributed by atoms with Crippen LogP contribution in [0.15, 0.2) is 4.52 Å². The molecule has 0 amide bonds. The third-order valence-corrected chi connectivity index (χ3v) is 3.72. The van der Waals surface area contributed by atoms with Crippen LogP contribution in [0, 0.1) is 13.8 Å². The van der Waals surface area contributed by atoms with Crippen molar-refractivity contribution in [3.05, 3.63) is 17.0 Å². The van der Waals surface area contributed by atoms with Crippen molar-refractivity contribution in [1.82, 2.24) is 10.1 Å². The van der Waals surface area contributed by atoms with Crippen molar-refractivity contribution in [1.29, 1.82) is 0 Å². The molecule has 0 aromatic carbocycles. The molecule has 0 radical (unpaired) electrons. The summed E-state index contributed by atoms with van der Waals surface area (Å²) in [6.45, 7) is 9.58. The molecule has 96 valence electrons.